The van der Waals surface area contributed by atoms with Gasteiger partial charge >= 0.3 is 0 Å². The number of anilines is 1. The Balaban J connectivity index is 2.40. The molecule has 1 N–H and O–H groups in total. The summed E-state index contributed by atoms with van der Waals surface area (Å²) >= 11 is 0. The first kappa shape index (κ1) is 27.4. The predicted octanol–water partition coefficient (Wildman–Crippen LogP) is 3.77. The van der Waals surface area contributed by atoms with Gasteiger partial charge in [0.2, 0.25) is 21.8 Å². The number of benzene rings is 2. The molecule has 0 radical (unpaired) electrons. The van der Waals surface area contributed by atoms with Gasteiger partial charge in [-0.1, -0.05) is 76.2 Å². The van der Waals surface area contributed by atoms with E-state index in [-0.39, 0.29) is 24.3 Å². The molecule has 0 heterocycles. The van der Waals surface area contributed by atoms with E-state index in [0.717, 1.165) is 21.7 Å². The summed E-state index contributed by atoms with van der Waals surface area (Å²) in [6, 6.07) is 15.8. The van der Waals surface area contributed by atoms with Crippen LogP contribution < -0.4 is 9.62 Å². The van der Waals surface area contributed by atoms with E-state index in [1.807, 2.05) is 70.2 Å². The number of hydrogen-bond acceptors (Lipinski definition) is 4. The second-order valence-corrected chi connectivity index (χ2v) is 11.2. The van der Waals surface area contributed by atoms with Crippen molar-refractivity contribution in [2.75, 3.05) is 23.7 Å². The Labute approximate surface area is 204 Å². The molecule has 0 spiro atoms. The van der Waals surface area contributed by atoms with E-state index in [0.29, 0.717) is 12.2 Å². The van der Waals surface area contributed by atoms with Gasteiger partial charge in [-0.2, -0.15) is 0 Å². The quantitative estimate of drug-likeness (QED) is 0.523. The van der Waals surface area contributed by atoms with E-state index in [1.165, 1.54) is 4.90 Å². The maximum atomic E-state index is 13.6. The molecule has 1 unspecified atom stereocenters. The lowest BCUT2D eigenvalue weighted by Crippen LogP contribution is -2.51. The first-order valence-corrected chi connectivity index (χ1v) is 13.4. The van der Waals surface area contributed by atoms with Crippen LogP contribution >= 0.6 is 0 Å². The number of carbonyl (C=O) groups excluding carboxylic acids is 2. The summed E-state index contributed by atoms with van der Waals surface area (Å²) < 4.78 is 26.7. The van der Waals surface area contributed by atoms with Gasteiger partial charge in [0, 0.05) is 13.1 Å². The molecule has 2 aromatic carbocycles. The van der Waals surface area contributed by atoms with Gasteiger partial charge in [-0.3, -0.25) is 13.9 Å². The SMILES string of the molecule is CC(C)CNC(=O)C(C)N(Cc1ccccc1)C(=O)CN(c1ccccc1C(C)C)S(C)(=O)=O. The minimum atomic E-state index is -3.76. The fourth-order valence-electron chi connectivity index (χ4n) is 3.61. The molecule has 8 heteroatoms. The molecule has 0 aliphatic rings. The molecule has 2 aromatic rings. The van der Waals surface area contributed by atoms with Gasteiger partial charge in [0.15, 0.2) is 0 Å². The molecule has 186 valence electrons. The fourth-order valence-corrected chi connectivity index (χ4v) is 4.48. The van der Waals surface area contributed by atoms with Crippen molar-refractivity contribution in [1.82, 2.24) is 10.2 Å². The second-order valence-electron chi connectivity index (χ2n) is 9.31. The molecule has 0 saturated heterocycles. The van der Waals surface area contributed by atoms with Gasteiger partial charge in [0.1, 0.15) is 12.6 Å². The van der Waals surface area contributed by atoms with Crippen molar-refractivity contribution in [2.45, 2.75) is 53.1 Å². The Bertz CT molecular complexity index is 1070. The van der Waals surface area contributed by atoms with Crippen LogP contribution in [0.1, 0.15) is 51.7 Å². The van der Waals surface area contributed by atoms with Gasteiger partial charge in [0.05, 0.1) is 11.9 Å². The molecule has 2 amide bonds. The Morgan fingerprint density at radius 3 is 2.06 bits per heavy atom. The van der Waals surface area contributed by atoms with E-state index < -0.39 is 28.5 Å². The molecular weight excluding hydrogens is 450 g/mol. The number of para-hydroxylation sites is 1. The molecule has 0 saturated carbocycles. The topological polar surface area (TPSA) is 86.8 Å². The average Bonchev–Trinajstić information content (AvgIpc) is 2.78. The normalized spacial score (nSPS) is 12.5. The van der Waals surface area contributed by atoms with Crippen LogP contribution in [-0.2, 0) is 26.2 Å². The molecule has 0 aliphatic heterocycles. The average molecular weight is 488 g/mol. The zero-order chi connectivity index (χ0) is 25.5. The third kappa shape index (κ3) is 7.58. The highest BCUT2D eigenvalue weighted by molar-refractivity contribution is 7.92. The monoisotopic (exact) mass is 487 g/mol. The van der Waals surface area contributed by atoms with E-state index in [1.54, 1.807) is 19.1 Å². The number of amides is 2. The predicted molar refractivity (Wildman–Crippen MR) is 137 cm³/mol. The van der Waals surface area contributed by atoms with Crippen molar-refractivity contribution in [3.05, 3.63) is 65.7 Å². The number of nitrogens with one attached hydrogen (secondary N) is 1. The minimum absolute atomic E-state index is 0.0664. The van der Waals surface area contributed by atoms with Crippen LogP contribution in [0.2, 0.25) is 0 Å². The summed E-state index contributed by atoms with van der Waals surface area (Å²) in [5.41, 5.74) is 2.16. The van der Waals surface area contributed by atoms with Gasteiger partial charge in [0.25, 0.3) is 0 Å². The van der Waals surface area contributed by atoms with Crippen LogP contribution in [0.15, 0.2) is 54.6 Å². The summed E-state index contributed by atoms with van der Waals surface area (Å²) in [6.07, 6.45) is 1.09. The van der Waals surface area contributed by atoms with E-state index in [9.17, 15) is 18.0 Å². The molecule has 34 heavy (non-hydrogen) atoms. The van der Waals surface area contributed by atoms with Crippen molar-refractivity contribution >= 4 is 27.5 Å². The molecule has 0 bridgehead atoms. The molecule has 0 aliphatic carbocycles. The highest BCUT2D eigenvalue weighted by Crippen LogP contribution is 2.29. The van der Waals surface area contributed by atoms with Crippen LogP contribution in [0.5, 0.6) is 0 Å². The molecule has 2 rings (SSSR count). The number of rotatable bonds is 11. The van der Waals surface area contributed by atoms with Crippen LogP contribution in [0.4, 0.5) is 5.69 Å². The second kappa shape index (κ2) is 12.0. The number of sulfonamides is 1. The van der Waals surface area contributed by atoms with E-state index >= 15 is 0 Å². The lowest BCUT2D eigenvalue weighted by molar-refractivity contribution is -0.139. The van der Waals surface area contributed by atoms with E-state index in [2.05, 4.69) is 5.32 Å². The number of nitrogens with zero attached hydrogens (tertiary/aromatic N) is 2. The summed E-state index contributed by atoms with van der Waals surface area (Å²) in [7, 11) is -3.76. The fraction of sp³-hybridized carbons (Fsp3) is 0.462. The first-order chi connectivity index (χ1) is 15.9. The maximum absolute atomic E-state index is 13.6. The van der Waals surface area contributed by atoms with Crippen molar-refractivity contribution in [3.63, 3.8) is 0 Å². The van der Waals surface area contributed by atoms with Crippen molar-refractivity contribution in [2.24, 2.45) is 5.92 Å². The summed E-state index contributed by atoms with van der Waals surface area (Å²) in [6.45, 7) is 9.91. The third-order valence-corrected chi connectivity index (χ3v) is 6.68. The Morgan fingerprint density at radius 2 is 1.50 bits per heavy atom. The minimum Gasteiger partial charge on any atom is -0.354 e. The largest absolute Gasteiger partial charge is 0.354 e. The summed E-state index contributed by atoms with van der Waals surface area (Å²) in [5, 5.41) is 2.88. The van der Waals surface area contributed by atoms with Gasteiger partial charge in [-0.25, -0.2) is 8.42 Å². The van der Waals surface area contributed by atoms with Gasteiger partial charge < -0.3 is 10.2 Å². The van der Waals surface area contributed by atoms with Gasteiger partial charge in [-0.15, -0.1) is 0 Å². The highest BCUT2D eigenvalue weighted by atomic mass is 32.2. The standard InChI is InChI=1S/C26H37N3O4S/c1-19(2)16-27-26(31)21(5)28(17-22-12-8-7-9-13-22)25(30)18-29(34(6,32)33)24-15-11-10-14-23(24)20(3)4/h7-15,19-21H,16-18H2,1-6H3,(H,27,31). The van der Waals surface area contributed by atoms with Crippen molar-refractivity contribution < 1.29 is 18.0 Å². The molecule has 0 aromatic heterocycles. The zero-order valence-corrected chi connectivity index (χ0v) is 21.8. The molecular formula is C26H37N3O4S. The van der Waals surface area contributed by atoms with Crippen molar-refractivity contribution in [3.8, 4) is 0 Å². The number of hydrogen-bond donors (Lipinski definition) is 1. The lowest BCUT2D eigenvalue weighted by atomic mass is 10.0. The molecule has 7 nitrogen and oxygen atoms in total. The third-order valence-electron chi connectivity index (χ3n) is 5.55. The summed E-state index contributed by atoms with van der Waals surface area (Å²) in [5.74, 6) is -0.383. The highest BCUT2D eigenvalue weighted by Gasteiger charge is 2.31. The first-order valence-electron chi connectivity index (χ1n) is 11.6. The maximum Gasteiger partial charge on any atom is 0.244 e. The smallest absolute Gasteiger partial charge is 0.244 e. The van der Waals surface area contributed by atoms with E-state index in [4.69, 9.17) is 0 Å². The van der Waals surface area contributed by atoms with Crippen LogP contribution in [0, 0.1) is 5.92 Å². The molecule has 1 atom stereocenters. The Morgan fingerprint density at radius 1 is 0.912 bits per heavy atom. The summed E-state index contributed by atoms with van der Waals surface area (Å²) in [4.78, 5) is 27.9. The molecule has 0 fully saturated rings. The lowest BCUT2D eigenvalue weighted by Gasteiger charge is -2.32. The van der Waals surface area contributed by atoms with Crippen LogP contribution in [0.25, 0.3) is 0 Å². The number of carbonyl (C=O) groups is 2. The van der Waals surface area contributed by atoms with Crippen LogP contribution in [0.3, 0.4) is 0 Å². The van der Waals surface area contributed by atoms with Crippen LogP contribution in [-0.4, -0.2) is 50.5 Å². The van der Waals surface area contributed by atoms with Crippen molar-refractivity contribution in [1.29, 1.82) is 0 Å². The Hall–Kier alpha value is -2.87. The zero-order valence-electron chi connectivity index (χ0n) is 21.0. The van der Waals surface area contributed by atoms with Gasteiger partial charge in [-0.05, 0) is 36.0 Å². The Kier molecular flexibility index (Phi) is 9.67.